The lowest BCUT2D eigenvalue weighted by atomic mass is 10.1. The third-order valence-corrected chi connectivity index (χ3v) is 4.61. The van der Waals surface area contributed by atoms with Gasteiger partial charge in [0.05, 0.1) is 5.39 Å². The molecular weight excluding hydrogens is 348 g/mol. The zero-order valence-corrected chi connectivity index (χ0v) is 14.7. The smallest absolute Gasteiger partial charge is 0.255 e. The Morgan fingerprint density at radius 3 is 2.62 bits per heavy atom. The van der Waals surface area contributed by atoms with Gasteiger partial charge < -0.3 is 9.84 Å². The van der Waals surface area contributed by atoms with E-state index in [1.807, 2.05) is 49.4 Å². The summed E-state index contributed by atoms with van der Waals surface area (Å²) in [6.07, 6.45) is 0. The molecule has 0 saturated carbocycles. The first-order valence-corrected chi connectivity index (χ1v) is 8.52. The van der Waals surface area contributed by atoms with E-state index in [1.165, 1.54) is 0 Å². The van der Waals surface area contributed by atoms with E-state index in [-0.39, 0.29) is 5.91 Å². The van der Waals surface area contributed by atoms with Crippen LogP contribution in [-0.2, 0) is 0 Å². The number of benzene rings is 3. The van der Waals surface area contributed by atoms with Crippen LogP contribution in [-0.4, -0.2) is 11.1 Å². The Morgan fingerprint density at radius 2 is 1.85 bits per heavy atom. The SMILES string of the molecule is Cc1ccc(NC(=O)c2ccc3noc(-c4ccccc4)c3c2)cc1Cl. The minimum Gasteiger partial charge on any atom is -0.355 e. The van der Waals surface area contributed by atoms with Crippen LogP contribution >= 0.6 is 11.6 Å². The molecule has 0 saturated heterocycles. The molecule has 0 fully saturated rings. The number of hydrogen-bond acceptors (Lipinski definition) is 3. The van der Waals surface area contributed by atoms with Crippen molar-refractivity contribution in [1.82, 2.24) is 5.16 Å². The zero-order valence-electron chi connectivity index (χ0n) is 14.0. The first-order valence-electron chi connectivity index (χ1n) is 8.14. The summed E-state index contributed by atoms with van der Waals surface area (Å²) in [6, 6.07) is 20.4. The monoisotopic (exact) mass is 362 g/mol. The Morgan fingerprint density at radius 1 is 1.04 bits per heavy atom. The van der Waals surface area contributed by atoms with E-state index in [0.29, 0.717) is 27.6 Å². The van der Waals surface area contributed by atoms with Gasteiger partial charge in [0.15, 0.2) is 5.76 Å². The molecule has 0 aliphatic carbocycles. The van der Waals surface area contributed by atoms with E-state index in [2.05, 4.69) is 10.5 Å². The number of amides is 1. The number of anilines is 1. The van der Waals surface area contributed by atoms with Crippen molar-refractivity contribution in [3.8, 4) is 11.3 Å². The molecule has 4 rings (SSSR count). The minimum absolute atomic E-state index is 0.216. The van der Waals surface area contributed by atoms with Crippen LogP contribution in [0.3, 0.4) is 0 Å². The molecule has 0 radical (unpaired) electrons. The molecular formula is C21H15ClN2O2. The van der Waals surface area contributed by atoms with Gasteiger partial charge in [-0.3, -0.25) is 4.79 Å². The predicted molar refractivity (Wildman–Crippen MR) is 104 cm³/mol. The molecule has 1 N–H and O–H groups in total. The largest absolute Gasteiger partial charge is 0.355 e. The molecule has 0 aliphatic heterocycles. The van der Waals surface area contributed by atoms with Crippen LogP contribution < -0.4 is 5.32 Å². The summed E-state index contributed by atoms with van der Waals surface area (Å²) in [7, 11) is 0. The lowest BCUT2D eigenvalue weighted by molar-refractivity contribution is 0.102. The lowest BCUT2D eigenvalue weighted by Crippen LogP contribution is -2.11. The molecule has 4 nitrogen and oxygen atoms in total. The number of rotatable bonds is 3. The number of hydrogen-bond donors (Lipinski definition) is 1. The van der Waals surface area contributed by atoms with Crippen LogP contribution in [0.1, 0.15) is 15.9 Å². The van der Waals surface area contributed by atoms with E-state index < -0.39 is 0 Å². The summed E-state index contributed by atoms with van der Waals surface area (Å²) in [5.41, 5.74) is 3.76. The molecule has 4 aromatic rings. The van der Waals surface area contributed by atoms with Crippen LogP contribution in [0, 0.1) is 6.92 Å². The second-order valence-electron chi connectivity index (χ2n) is 6.03. The van der Waals surface area contributed by atoms with Crippen molar-refractivity contribution < 1.29 is 9.32 Å². The fourth-order valence-corrected chi connectivity index (χ4v) is 2.93. The van der Waals surface area contributed by atoms with E-state index in [1.54, 1.807) is 24.3 Å². The zero-order chi connectivity index (χ0) is 18.1. The highest BCUT2D eigenvalue weighted by Crippen LogP contribution is 2.29. The standard InChI is InChI=1S/C21H15ClN2O2/c1-13-7-9-16(12-18(13)22)23-21(25)15-8-10-19-17(11-15)20(26-24-19)14-5-3-2-4-6-14/h2-12H,1H3,(H,23,25). The minimum atomic E-state index is -0.216. The number of halogens is 1. The fourth-order valence-electron chi connectivity index (χ4n) is 2.75. The van der Waals surface area contributed by atoms with Crippen molar-refractivity contribution >= 4 is 34.1 Å². The Kier molecular flexibility index (Phi) is 4.19. The summed E-state index contributed by atoms with van der Waals surface area (Å²) < 4.78 is 5.48. The quantitative estimate of drug-likeness (QED) is 0.508. The summed E-state index contributed by atoms with van der Waals surface area (Å²) in [5.74, 6) is 0.431. The van der Waals surface area contributed by atoms with E-state index in [4.69, 9.17) is 16.1 Å². The van der Waals surface area contributed by atoms with E-state index >= 15 is 0 Å². The van der Waals surface area contributed by atoms with E-state index in [9.17, 15) is 4.79 Å². The summed E-state index contributed by atoms with van der Waals surface area (Å²) >= 11 is 6.12. The molecule has 0 atom stereocenters. The van der Waals surface area contributed by atoms with Gasteiger partial charge in [0, 0.05) is 21.8 Å². The van der Waals surface area contributed by atoms with Crippen LogP contribution in [0.15, 0.2) is 71.3 Å². The number of aryl methyl sites for hydroxylation is 1. The predicted octanol–water partition coefficient (Wildman–Crippen LogP) is 5.71. The van der Waals surface area contributed by atoms with Crippen LogP contribution in [0.2, 0.25) is 5.02 Å². The van der Waals surface area contributed by atoms with Gasteiger partial charge in [0.2, 0.25) is 0 Å². The normalized spacial score (nSPS) is 10.8. The van der Waals surface area contributed by atoms with Gasteiger partial charge in [0.1, 0.15) is 5.52 Å². The molecule has 26 heavy (non-hydrogen) atoms. The highest BCUT2D eigenvalue weighted by atomic mass is 35.5. The molecule has 0 bridgehead atoms. The topological polar surface area (TPSA) is 55.1 Å². The van der Waals surface area contributed by atoms with Crippen LogP contribution in [0.4, 0.5) is 5.69 Å². The molecule has 128 valence electrons. The second-order valence-corrected chi connectivity index (χ2v) is 6.43. The Bertz CT molecular complexity index is 1100. The van der Waals surface area contributed by atoms with Crippen molar-refractivity contribution in [3.05, 3.63) is 82.9 Å². The molecule has 1 aromatic heterocycles. The lowest BCUT2D eigenvalue weighted by Gasteiger charge is -2.07. The van der Waals surface area contributed by atoms with Gasteiger partial charge in [-0.1, -0.05) is 53.2 Å². The molecule has 1 amide bonds. The Balaban J connectivity index is 1.68. The summed E-state index contributed by atoms with van der Waals surface area (Å²) in [4.78, 5) is 12.6. The van der Waals surface area contributed by atoms with Crippen LogP contribution in [0.25, 0.3) is 22.2 Å². The summed E-state index contributed by atoms with van der Waals surface area (Å²) in [6.45, 7) is 1.92. The van der Waals surface area contributed by atoms with Gasteiger partial charge >= 0.3 is 0 Å². The maximum Gasteiger partial charge on any atom is 0.255 e. The maximum atomic E-state index is 12.6. The first-order chi connectivity index (χ1) is 12.6. The van der Waals surface area contributed by atoms with Gasteiger partial charge in [-0.15, -0.1) is 0 Å². The maximum absolute atomic E-state index is 12.6. The average Bonchev–Trinajstić information content (AvgIpc) is 3.08. The van der Waals surface area contributed by atoms with Gasteiger partial charge in [-0.05, 0) is 42.8 Å². The number of nitrogens with zero attached hydrogens (tertiary/aromatic N) is 1. The van der Waals surface area contributed by atoms with Crippen molar-refractivity contribution in [3.63, 3.8) is 0 Å². The number of fused-ring (bicyclic) bond motifs is 1. The van der Waals surface area contributed by atoms with E-state index in [0.717, 1.165) is 16.5 Å². The van der Waals surface area contributed by atoms with Gasteiger partial charge in [-0.2, -0.15) is 0 Å². The highest BCUT2D eigenvalue weighted by molar-refractivity contribution is 6.31. The van der Waals surface area contributed by atoms with Gasteiger partial charge in [0.25, 0.3) is 5.91 Å². The molecule has 3 aromatic carbocycles. The molecule has 1 heterocycles. The Labute approximate surface area is 155 Å². The number of carbonyl (C=O) groups excluding carboxylic acids is 1. The van der Waals surface area contributed by atoms with Crippen molar-refractivity contribution in [1.29, 1.82) is 0 Å². The fraction of sp³-hybridized carbons (Fsp3) is 0.0476. The number of aromatic nitrogens is 1. The summed E-state index contributed by atoms with van der Waals surface area (Å²) in [5, 5.41) is 8.36. The number of carbonyl (C=O) groups is 1. The Hall–Kier alpha value is -3.11. The number of nitrogens with one attached hydrogen (secondary N) is 1. The van der Waals surface area contributed by atoms with Gasteiger partial charge in [-0.25, -0.2) is 0 Å². The average molecular weight is 363 g/mol. The van der Waals surface area contributed by atoms with Crippen molar-refractivity contribution in [2.75, 3.05) is 5.32 Å². The third kappa shape index (κ3) is 3.07. The van der Waals surface area contributed by atoms with Crippen molar-refractivity contribution in [2.45, 2.75) is 6.92 Å². The molecule has 0 unspecified atom stereocenters. The first kappa shape index (κ1) is 16.4. The molecule has 0 spiro atoms. The molecule has 0 aliphatic rings. The van der Waals surface area contributed by atoms with Crippen molar-refractivity contribution in [2.24, 2.45) is 0 Å². The molecule has 5 heteroatoms. The van der Waals surface area contributed by atoms with Crippen LogP contribution in [0.5, 0.6) is 0 Å². The third-order valence-electron chi connectivity index (χ3n) is 4.20. The second kappa shape index (κ2) is 6.65. The highest BCUT2D eigenvalue weighted by Gasteiger charge is 2.14.